The molecule has 0 saturated heterocycles. The highest BCUT2D eigenvalue weighted by atomic mass is 79.9. The maximum absolute atomic E-state index is 12.8. The van der Waals surface area contributed by atoms with Gasteiger partial charge in [-0.1, -0.05) is 39.1 Å². The van der Waals surface area contributed by atoms with E-state index in [1.165, 1.54) is 0 Å². The third-order valence-electron chi connectivity index (χ3n) is 4.03. The van der Waals surface area contributed by atoms with Crippen LogP contribution in [0, 0.1) is 6.92 Å². The van der Waals surface area contributed by atoms with Gasteiger partial charge < -0.3 is 0 Å². The standard InChI is InChI=1S/C21H20BrCl2N3O2/c1-12-18(20(28)26-29-21(2,3)4)25-19(16-10-7-14(23)11-17(16)24)27(12)15-8-5-13(22)6-9-15/h5-11H,1-4H3,(H,26,28). The number of carbonyl (C=O) groups excluding carboxylic acids is 1. The van der Waals surface area contributed by atoms with Crippen molar-refractivity contribution in [1.82, 2.24) is 15.0 Å². The van der Waals surface area contributed by atoms with E-state index in [1.807, 2.05) is 56.5 Å². The van der Waals surface area contributed by atoms with Gasteiger partial charge in [0.05, 0.1) is 16.3 Å². The molecule has 3 rings (SSSR count). The number of carbonyl (C=O) groups is 1. The fourth-order valence-corrected chi connectivity index (χ4v) is 3.48. The Morgan fingerprint density at radius 2 is 1.79 bits per heavy atom. The van der Waals surface area contributed by atoms with Crippen LogP contribution in [0.5, 0.6) is 0 Å². The summed E-state index contributed by atoms with van der Waals surface area (Å²) >= 11 is 15.9. The van der Waals surface area contributed by atoms with Crippen LogP contribution in [-0.2, 0) is 4.84 Å². The minimum atomic E-state index is -0.528. The molecule has 29 heavy (non-hydrogen) atoms. The van der Waals surface area contributed by atoms with Crippen molar-refractivity contribution in [3.63, 3.8) is 0 Å². The molecular weight excluding hydrogens is 477 g/mol. The van der Waals surface area contributed by atoms with E-state index in [9.17, 15) is 4.79 Å². The number of hydrogen-bond acceptors (Lipinski definition) is 3. The monoisotopic (exact) mass is 495 g/mol. The molecule has 5 nitrogen and oxygen atoms in total. The van der Waals surface area contributed by atoms with Crippen LogP contribution in [0.25, 0.3) is 17.1 Å². The predicted octanol–water partition coefficient (Wildman–Crippen LogP) is 6.38. The Kier molecular flexibility index (Phi) is 6.39. The van der Waals surface area contributed by atoms with Crippen LogP contribution >= 0.6 is 39.1 Å². The van der Waals surface area contributed by atoms with Gasteiger partial charge in [0.1, 0.15) is 5.82 Å². The van der Waals surface area contributed by atoms with Crippen molar-refractivity contribution < 1.29 is 9.63 Å². The first kappa shape index (κ1) is 21.8. The van der Waals surface area contributed by atoms with Gasteiger partial charge in [0.25, 0.3) is 5.91 Å². The molecule has 0 bridgehead atoms. The molecule has 1 amide bonds. The molecule has 0 unspecified atom stereocenters. The fourth-order valence-electron chi connectivity index (χ4n) is 2.72. The average molecular weight is 497 g/mol. The minimum Gasteiger partial charge on any atom is -0.296 e. The molecule has 0 aliphatic carbocycles. The van der Waals surface area contributed by atoms with E-state index in [2.05, 4.69) is 26.4 Å². The Labute approximate surface area is 188 Å². The number of amides is 1. The molecule has 0 aliphatic rings. The third kappa shape index (κ3) is 5.01. The molecule has 1 N–H and O–H groups in total. The number of hydrogen-bond donors (Lipinski definition) is 1. The van der Waals surface area contributed by atoms with Gasteiger partial charge in [-0.05, 0) is 70.2 Å². The zero-order valence-electron chi connectivity index (χ0n) is 16.4. The molecule has 0 fully saturated rings. The summed E-state index contributed by atoms with van der Waals surface area (Å²) in [7, 11) is 0. The second-order valence-corrected chi connectivity index (χ2v) is 9.21. The van der Waals surface area contributed by atoms with Crippen LogP contribution in [0.2, 0.25) is 10.0 Å². The van der Waals surface area contributed by atoms with E-state index in [4.69, 9.17) is 28.0 Å². The quantitative estimate of drug-likeness (QED) is 0.426. The molecule has 0 aliphatic heterocycles. The van der Waals surface area contributed by atoms with Crippen molar-refractivity contribution in [2.75, 3.05) is 0 Å². The lowest BCUT2D eigenvalue weighted by Gasteiger charge is -2.18. The highest BCUT2D eigenvalue weighted by Gasteiger charge is 2.24. The third-order valence-corrected chi connectivity index (χ3v) is 5.11. The van der Waals surface area contributed by atoms with Crippen LogP contribution in [0.3, 0.4) is 0 Å². The average Bonchev–Trinajstić information content (AvgIpc) is 2.97. The van der Waals surface area contributed by atoms with E-state index >= 15 is 0 Å². The summed E-state index contributed by atoms with van der Waals surface area (Å²) in [6, 6.07) is 12.9. The Balaban J connectivity index is 2.15. The molecule has 152 valence electrons. The van der Waals surface area contributed by atoms with Gasteiger partial charge in [-0.3, -0.25) is 14.2 Å². The molecule has 1 heterocycles. The van der Waals surface area contributed by atoms with Crippen molar-refractivity contribution in [2.45, 2.75) is 33.3 Å². The van der Waals surface area contributed by atoms with Crippen molar-refractivity contribution >= 4 is 45.0 Å². The number of aromatic nitrogens is 2. The van der Waals surface area contributed by atoms with Gasteiger partial charge in [0, 0.05) is 20.7 Å². The Morgan fingerprint density at radius 1 is 1.14 bits per heavy atom. The summed E-state index contributed by atoms with van der Waals surface area (Å²) in [5.41, 5.74) is 4.36. The van der Waals surface area contributed by atoms with Gasteiger partial charge in [-0.25, -0.2) is 10.5 Å². The number of imidazole rings is 1. The lowest BCUT2D eigenvalue weighted by atomic mass is 10.2. The number of hydroxylamine groups is 1. The number of rotatable bonds is 4. The first-order valence-corrected chi connectivity index (χ1v) is 10.4. The van der Waals surface area contributed by atoms with Crippen LogP contribution in [0.1, 0.15) is 37.0 Å². The first-order chi connectivity index (χ1) is 13.6. The predicted molar refractivity (Wildman–Crippen MR) is 120 cm³/mol. The number of benzene rings is 2. The van der Waals surface area contributed by atoms with Gasteiger partial charge in [-0.2, -0.15) is 0 Å². The molecule has 0 saturated carbocycles. The summed E-state index contributed by atoms with van der Waals surface area (Å²) in [5.74, 6) is 0.104. The smallest absolute Gasteiger partial charge is 0.295 e. The number of halogens is 3. The molecular formula is C21H20BrCl2N3O2. The maximum Gasteiger partial charge on any atom is 0.295 e. The van der Waals surface area contributed by atoms with E-state index in [1.54, 1.807) is 18.2 Å². The molecule has 8 heteroatoms. The number of nitrogens with one attached hydrogen (secondary N) is 1. The van der Waals surface area contributed by atoms with E-state index in [0.29, 0.717) is 27.1 Å². The Hall–Kier alpha value is -1.86. The molecule has 0 atom stereocenters. The van der Waals surface area contributed by atoms with Crippen LogP contribution in [-0.4, -0.2) is 21.1 Å². The molecule has 2 aromatic carbocycles. The summed E-state index contributed by atoms with van der Waals surface area (Å²) in [4.78, 5) is 22.8. The summed E-state index contributed by atoms with van der Waals surface area (Å²) in [6.07, 6.45) is 0. The van der Waals surface area contributed by atoms with Crippen molar-refractivity contribution in [3.8, 4) is 17.1 Å². The highest BCUT2D eigenvalue weighted by Crippen LogP contribution is 2.33. The first-order valence-electron chi connectivity index (χ1n) is 8.86. The van der Waals surface area contributed by atoms with Gasteiger partial charge in [0.2, 0.25) is 0 Å². The second kappa shape index (κ2) is 8.48. The highest BCUT2D eigenvalue weighted by molar-refractivity contribution is 9.10. The largest absolute Gasteiger partial charge is 0.296 e. The van der Waals surface area contributed by atoms with Crippen LogP contribution in [0.4, 0.5) is 0 Å². The van der Waals surface area contributed by atoms with Crippen LogP contribution < -0.4 is 5.48 Å². The van der Waals surface area contributed by atoms with E-state index < -0.39 is 11.5 Å². The van der Waals surface area contributed by atoms with Crippen LogP contribution in [0.15, 0.2) is 46.9 Å². The molecule has 3 aromatic rings. The zero-order chi connectivity index (χ0) is 21.3. The maximum atomic E-state index is 12.8. The summed E-state index contributed by atoms with van der Waals surface area (Å²) in [6.45, 7) is 7.37. The van der Waals surface area contributed by atoms with Crippen molar-refractivity contribution in [3.05, 3.63) is 68.4 Å². The summed E-state index contributed by atoms with van der Waals surface area (Å²) in [5, 5.41) is 0.965. The van der Waals surface area contributed by atoms with Crippen molar-refractivity contribution in [2.24, 2.45) is 0 Å². The minimum absolute atomic E-state index is 0.248. The van der Waals surface area contributed by atoms with Gasteiger partial charge in [-0.15, -0.1) is 0 Å². The van der Waals surface area contributed by atoms with E-state index in [-0.39, 0.29) is 5.69 Å². The SMILES string of the molecule is Cc1c(C(=O)NOC(C)(C)C)nc(-c2ccc(Cl)cc2Cl)n1-c1ccc(Br)cc1. The summed E-state index contributed by atoms with van der Waals surface area (Å²) < 4.78 is 2.83. The van der Waals surface area contributed by atoms with Crippen molar-refractivity contribution in [1.29, 1.82) is 0 Å². The van der Waals surface area contributed by atoms with Gasteiger partial charge in [0.15, 0.2) is 5.69 Å². The lowest BCUT2D eigenvalue weighted by molar-refractivity contribution is -0.0591. The Morgan fingerprint density at radius 3 is 2.38 bits per heavy atom. The molecule has 0 spiro atoms. The lowest BCUT2D eigenvalue weighted by Crippen LogP contribution is -2.34. The second-order valence-electron chi connectivity index (χ2n) is 7.45. The zero-order valence-corrected chi connectivity index (χ0v) is 19.5. The fraction of sp³-hybridized carbons (Fsp3) is 0.238. The topological polar surface area (TPSA) is 56.1 Å². The number of nitrogens with zero attached hydrogens (tertiary/aromatic N) is 2. The van der Waals surface area contributed by atoms with E-state index in [0.717, 1.165) is 10.2 Å². The molecule has 1 aromatic heterocycles. The molecule has 0 radical (unpaired) electrons. The Bertz CT molecular complexity index is 1060. The van der Waals surface area contributed by atoms with Gasteiger partial charge >= 0.3 is 0 Å². The normalized spacial score (nSPS) is 11.6.